The number of aromatic nitrogens is 1. The van der Waals surface area contributed by atoms with E-state index in [4.69, 9.17) is 5.11 Å². The van der Waals surface area contributed by atoms with Crippen molar-refractivity contribution in [2.24, 2.45) is 0 Å². The lowest BCUT2D eigenvalue weighted by Gasteiger charge is -2.09. The van der Waals surface area contributed by atoms with Crippen molar-refractivity contribution < 1.29 is 9.90 Å². The fourth-order valence-corrected chi connectivity index (χ4v) is 2.55. The number of rotatable bonds is 5. The number of fused-ring (bicyclic) bond motifs is 1. The van der Waals surface area contributed by atoms with Gasteiger partial charge in [-0.2, -0.15) is 0 Å². The molecule has 0 aliphatic heterocycles. The highest BCUT2D eigenvalue weighted by Gasteiger charge is 2.10. The van der Waals surface area contributed by atoms with Gasteiger partial charge in [0.05, 0.1) is 22.7 Å². The molecule has 0 fully saturated rings. The Morgan fingerprint density at radius 3 is 3.00 bits per heavy atom. The van der Waals surface area contributed by atoms with Crippen molar-refractivity contribution >= 4 is 27.5 Å². The molecule has 1 atom stereocenters. The summed E-state index contributed by atoms with van der Waals surface area (Å²) >= 11 is 1.64. The molecule has 0 spiro atoms. The molecular formula is C12H14N2O2S. The van der Waals surface area contributed by atoms with E-state index in [1.54, 1.807) is 11.3 Å². The number of carboxylic acid groups (broad SMARTS) is 1. The monoisotopic (exact) mass is 250 g/mol. The normalized spacial score (nSPS) is 12.8. The van der Waals surface area contributed by atoms with Gasteiger partial charge in [-0.3, -0.25) is 4.79 Å². The van der Waals surface area contributed by atoms with Gasteiger partial charge in [0.15, 0.2) is 0 Å². The number of hydrogen-bond acceptors (Lipinski definition) is 4. The van der Waals surface area contributed by atoms with Gasteiger partial charge in [0.25, 0.3) is 0 Å². The van der Waals surface area contributed by atoms with E-state index in [1.807, 2.05) is 31.2 Å². The van der Waals surface area contributed by atoms with E-state index >= 15 is 0 Å². The van der Waals surface area contributed by atoms with Crippen LogP contribution in [0.3, 0.4) is 0 Å². The van der Waals surface area contributed by atoms with Crippen molar-refractivity contribution in [3.8, 4) is 0 Å². The fourth-order valence-electron chi connectivity index (χ4n) is 1.56. The predicted octanol–water partition coefficient (Wildman–Crippen LogP) is 2.42. The van der Waals surface area contributed by atoms with Gasteiger partial charge >= 0.3 is 5.97 Å². The summed E-state index contributed by atoms with van der Waals surface area (Å²) < 4.78 is 1.16. The van der Waals surface area contributed by atoms with Crippen LogP contribution >= 0.6 is 11.3 Å². The molecule has 1 unspecified atom stereocenters. The van der Waals surface area contributed by atoms with Crippen LogP contribution in [0.4, 0.5) is 0 Å². The molecule has 5 heteroatoms. The minimum Gasteiger partial charge on any atom is -0.481 e. The molecule has 17 heavy (non-hydrogen) atoms. The maximum absolute atomic E-state index is 10.4. The van der Waals surface area contributed by atoms with Crippen LogP contribution in [0.1, 0.15) is 24.4 Å². The lowest BCUT2D eigenvalue weighted by atomic mass is 10.3. The fraction of sp³-hybridized carbons (Fsp3) is 0.333. The number of nitrogens with zero attached hydrogens (tertiary/aromatic N) is 1. The quantitative estimate of drug-likeness (QED) is 0.855. The van der Waals surface area contributed by atoms with Gasteiger partial charge in [-0.05, 0) is 19.1 Å². The smallest absolute Gasteiger partial charge is 0.304 e. The molecule has 0 aliphatic rings. The largest absolute Gasteiger partial charge is 0.481 e. The van der Waals surface area contributed by atoms with E-state index in [1.165, 1.54) is 0 Å². The Labute approximate surface area is 103 Å². The molecule has 2 aromatic rings. The molecule has 0 bridgehead atoms. The highest BCUT2D eigenvalue weighted by atomic mass is 32.1. The average molecular weight is 250 g/mol. The van der Waals surface area contributed by atoms with E-state index in [-0.39, 0.29) is 12.5 Å². The zero-order valence-electron chi connectivity index (χ0n) is 9.51. The highest BCUT2D eigenvalue weighted by Crippen LogP contribution is 2.25. The average Bonchev–Trinajstić information content (AvgIpc) is 2.71. The standard InChI is InChI=1S/C12H14N2O2S/c1-8(13-7-6-11(15)16)12-14-9-4-2-3-5-10(9)17-12/h2-5,8,13H,6-7H2,1H3,(H,15,16). The Kier molecular flexibility index (Phi) is 3.71. The summed E-state index contributed by atoms with van der Waals surface area (Å²) in [5, 5.41) is 12.7. The van der Waals surface area contributed by atoms with E-state index < -0.39 is 5.97 Å². The van der Waals surface area contributed by atoms with Crippen LogP contribution in [0.2, 0.25) is 0 Å². The van der Waals surface area contributed by atoms with Crippen LogP contribution in [0.5, 0.6) is 0 Å². The molecule has 4 nitrogen and oxygen atoms in total. The first-order chi connectivity index (χ1) is 8.16. The SMILES string of the molecule is CC(NCCC(=O)O)c1nc2ccccc2s1. The topological polar surface area (TPSA) is 62.2 Å². The number of benzene rings is 1. The van der Waals surface area contributed by atoms with Crippen LogP contribution in [0, 0.1) is 0 Å². The van der Waals surface area contributed by atoms with Crippen LogP contribution in [-0.4, -0.2) is 22.6 Å². The summed E-state index contributed by atoms with van der Waals surface area (Å²) in [5.74, 6) is -0.783. The molecule has 1 aromatic carbocycles. The number of aliphatic carboxylic acids is 1. The van der Waals surface area contributed by atoms with Gasteiger partial charge in [0, 0.05) is 6.54 Å². The van der Waals surface area contributed by atoms with Crippen LogP contribution < -0.4 is 5.32 Å². The van der Waals surface area contributed by atoms with Gasteiger partial charge in [0.1, 0.15) is 5.01 Å². The van der Waals surface area contributed by atoms with Gasteiger partial charge in [0.2, 0.25) is 0 Å². The molecule has 2 N–H and O–H groups in total. The van der Waals surface area contributed by atoms with Crippen LogP contribution in [-0.2, 0) is 4.79 Å². The first-order valence-corrected chi connectivity index (χ1v) is 6.29. The molecule has 90 valence electrons. The molecule has 1 aromatic heterocycles. The van der Waals surface area contributed by atoms with E-state index in [9.17, 15) is 4.79 Å². The number of carboxylic acids is 1. The van der Waals surface area contributed by atoms with Gasteiger partial charge in [-0.15, -0.1) is 11.3 Å². The second-order valence-electron chi connectivity index (χ2n) is 3.84. The highest BCUT2D eigenvalue weighted by molar-refractivity contribution is 7.18. The number of nitrogens with one attached hydrogen (secondary N) is 1. The van der Waals surface area contributed by atoms with Crippen molar-refractivity contribution in [1.29, 1.82) is 0 Å². The molecule has 0 saturated carbocycles. The summed E-state index contributed by atoms with van der Waals surface area (Å²) in [4.78, 5) is 14.9. The number of hydrogen-bond donors (Lipinski definition) is 2. The third kappa shape index (κ3) is 3.01. The van der Waals surface area contributed by atoms with Crippen molar-refractivity contribution in [3.63, 3.8) is 0 Å². The van der Waals surface area contributed by atoms with Gasteiger partial charge in [-0.25, -0.2) is 4.98 Å². The maximum Gasteiger partial charge on any atom is 0.304 e. The summed E-state index contributed by atoms with van der Waals surface area (Å²) in [5.41, 5.74) is 0.999. The summed E-state index contributed by atoms with van der Waals surface area (Å²) in [7, 11) is 0. The minimum atomic E-state index is -0.783. The lowest BCUT2D eigenvalue weighted by Crippen LogP contribution is -2.21. The Hall–Kier alpha value is -1.46. The number of para-hydroxylation sites is 1. The first kappa shape index (κ1) is 12.0. The first-order valence-electron chi connectivity index (χ1n) is 5.47. The van der Waals surface area contributed by atoms with Crippen molar-refractivity contribution in [3.05, 3.63) is 29.3 Å². The Bertz CT molecular complexity index is 491. The van der Waals surface area contributed by atoms with Crippen LogP contribution in [0.25, 0.3) is 10.2 Å². The number of carbonyl (C=O) groups is 1. The van der Waals surface area contributed by atoms with Crippen molar-refractivity contribution in [2.45, 2.75) is 19.4 Å². The second kappa shape index (κ2) is 5.25. The van der Waals surface area contributed by atoms with Crippen molar-refractivity contribution in [1.82, 2.24) is 10.3 Å². The molecule has 0 amide bonds. The maximum atomic E-state index is 10.4. The zero-order chi connectivity index (χ0) is 12.3. The molecular weight excluding hydrogens is 236 g/mol. The second-order valence-corrected chi connectivity index (χ2v) is 4.90. The Morgan fingerprint density at radius 1 is 1.53 bits per heavy atom. The van der Waals surface area contributed by atoms with Gasteiger partial charge < -0.3 is 10.4 Å². The molecule has 2 rings (SSSR count). The van der Waals surface area contributed by atoms with Gasteiger partial charge in [-0.1, -0.05) is 12.1 Å². The minimum absolute atomic E-state index is 0.0896. The molecule has 1 heterocycles. The van der Waals surface area contributed by atoms with Crippen LogP contribution in [0.15, 0.2) is 24.3 Å². The predicted molar refractivity (Wildman–Crippen MR) is 68.3 cm³/mol. The molecule has 0 radical (unpaired) electrons. The summed E-state index contributed by atoms with van der Waals surface area (Å²) in [6, 6.07) is 8.08. The van der Waals surface area contributed by atoms with E-state index in [2.05, 4.69) is 10.3 Å². The Balaban J connectivity index is 2.03. The zero-order valence-corrected chi connectivity index (χ0v) is 10.3. The summed E-state index contributed by atoms with van der Waals surface area (Å²) in [6.45, 7) is 2.46. The van der Waals surface area contributed by atoms with Crippen molar-refractivity contribution in [2.75, 3.05) is 6.54 Å². The summed E-state index contributed by atoms with van der Waals surface area (Å²) in [6.07, 6.45) is 0.134. The molecule has 0 aliphatic carbocycles. The molecule has 0 saturated heterocycles. The third-order valence-corrected chi connectivity index (χ3v) is 3.69. The third-order valence-electron chi connectivity index (χ3n) is 2.47. The van der Waals surface area contributed by atoms with E-state index in [0.29, 0.717) is 6.54 Å². The number of thiazole rings is 1. The van der Waals surface area contributed by atoms with E-state index in [0.717, 1.165) is 15.2 Å². The lowest BCUT2D eigenvalue weighted by molar-refractivity contribution is -0.136. The Morgan fingerprint density at radius 2 is 2.29 bits per heavy atom.